The summed E-state index contributed by atoms with van der Waals surface area (Å²) in [4.78, 5) is 32.0. The predicted octanol–water partition coefficient (Wildman–Crippen LogP) is 3.84. The number of nitrogens with zero attached hydrogens (tertiary/aromatic N) is 1. The molecule has 0 heterocycles. The number of hydrogen-bond donors (Lipinski definition) is 3. The van der Waals surface area contributed by atoms with Crippen molar-refractivity contribution in [1.29, 1.82) is 0 Å². The molecule has 0 aliphatic rings. The normalized spacial score (nSPS) is 11.2. The van der Waals surface area contributed by atoms with Crippen molar-refractivity contribution in [1.82, 2.24) is 10.2 Å². The molecule has 9 nitrogen and oxygen atoms in total. The quantitative estimate of drug-likeness (QED) is 0.464. The van der Waals surface area contributed by atoms with Crippen molar-refractivity contribution >= 4 is 29.6 Å². The van der Waals surface area contributed by atoms with E-state index in [9.17, 15) is 14.4 Å². The van der Waals surface area contributed by atoms with Crippen LogP contribution >= 0.6 is 11.6 Å². The third-order valence-corrected chi connectivity index (χ3v) is 4.31. The Morgan fingerprint density at radius 1 is 0.970 bits per heavy atom. The molecule has 0 fully saturated rings. The molecule has 0 bridgehead atoms. The first-order chi connectivity index (χ1) is 15.6. The van der Waals surface area contributed by atoms with E-state index in [0.29, 0.717) is 29.5 Å². The summed E-state index contributed by atoms with van der Waals surface area (Å²) >= 11 is 5.86. The number of halogens is 1. The highest BCUT2D eigenvalue weighted by molar-refractivity contribution is 6.30. The Balaban J connectivity index is 0.000000582. The van der Waals surface area contributed by atoms with Crippen LogP contribution in [0.15, 0.2) is 60.7 Å². The highest BCUT2D eigenvalue weighted by atomic mass is 35.5. The predicted molar refractivity (Wildman–Crippen MR) is 124 cm³/mol. The highest BCUT2D eigenvalue weighted by Gasteiger charge is 2.11. The van der Waals surface area contributed by atoms with Gasteiger partial charge in [0.2, 0.25) is 0 Å². The molecule has 0 aliphatic heterocycles. The molecule has 0 saturated heterocycles. The Kier molecular flexibility index (Phi) is 12.1. The van der Waals surface area contributed by atoms with Gasteiger partial charge in [0.05, 0.1) is 6.61 Å². The molecule has 2 aromatic carbocycles. The summed E-state index contributed by atoms with van der Waals surface area (Å²) in [6, 6.07) is 14.9. The monoisotopic (exact) mass is 478 g/mol. The third-order valence-electron chi connectivity index (χ3n) is 4.06. The first-order valence-electron chi connectivity index (χ1n) is 9.81. The summed E-state index contributed by atoms with van der Waals surface area (Å²) < 4.78 is 11.0. The van der Waals surface area contributed by atoms with Crippen LogP contribution < -0.4 is 14.8 Å². The summed E-state index contributed by atoms with van der Waals surface area (Å²) in [5.41, 5.74) is 1.10. The summed E-state index contributed by atoms with van der Waals surface area (Å²) in [6.07, 6.45) is 1.52. The van der Waals surface area contributed by atoms with Gasteiger partial charge in [-0.25, -0.2) is 14.4 Å². The first kappa shape index (κ1) is 27.5. The van der Waals surface area contributed by atoms with Gasteiger partial charge in [0.15, 0.2) is 0 Å². The van der Waals surface area contributed by atoms with Crippen molar-refractivity contribution in [3.8, 4) is 11.5 Å². The molecule has 33 heavy (non-hydrogen) atoms. The van der Waals surface area contributed by atoms with Crippen molar-refractivity contribution in [2.45, 2.75) is 12.5 Å². The number of carboxylic acids is 2. The molecule has 0 aliphatic carbocycles. The zero-order valence-electron chi connectivity index (χ0n) is 18.5. The van der Waals surface area contributed by atoms with Crippen molar-refractivity contribution < 1.29 is 34.1 Å². The van der Waals surface area contributed by atoms with E-state index in [2.05, 4.69) is 5.32 Å². The zero-order valence-corrected chi connectivity index (χ0v) is 19.3. The van der Waals surface area contributed by atoms with E-state index >= 15 is 0 Å². The minimum absolute atomic E-state index is 0.144. The van der Waals surface area contributed by atoms with E-state index in [4.69, 9.17) is 31.3 Å². The largest absolute Gasteiger partial charge is 0.494 e. The van der Waals surface area contributed by atoms with Crippen LogP contribution in [0.5, 0.6) is 11.5 Å². The molecule has 2 aromatic rings. The molecule has 0 aromatic heterocycles. The van der Waals surface area contributed by atoms with Crippen LogP contribution in [0.4, 0.5) is 4.79 Å². The molecule has 0 saturated carbocycles. The maximum atomic E-state index is 11.6. The van der Waals surface area contributed by atoms with Gasteiger partial charge < -0.3 is 29.9 Å². The van der Waals surface area contributed by atoms with E-state index in [-0.39, 0.29) is 6.04 Å². The topological polar surface area (TPSA) is 125 Å². The third kappa shape index (κ3) is 11.6. The van der Waals surface area contributed by atoms with Gasteiger partial charge in [-0.05, 0) is 49.0 Å². The molecule has 1 atom stereocenters. The molecule has 0 unspecified atom stereocenters. The molecule has 178 valence electrons. The lowest BCUT2D eigenvalue weighted by atomic mass is 10.0. The van der Waals surface area contributed by atoms with Gasteiger partial charge in [-0.3, -0.25) is 0 Å². The lowest BCUT2D eigenvalue weighted by Crippen LogP contribution is -2.25. The number of ether oxygens (including phenoxy) is 2. The van der Waals surface area contributed by atoms with Crippen LogP contribution in [0.1, 0.15) is 18.0 Å². The van der Waals surface area contributed by atoms with Gasteiger partial charge >= 0.3 is 18.0 Å². The zero-order chi connectivity index (χ0) is 24.8. The Hall–Kier alpha value is -3.56. The van der Waals surface area contributed by atoms with Crippen LogP contribution in [-0.4, -0.2) is 60.9 Å². The first-order valence-corrected chi connectivity index (χ1v) is 10.2. The SMILES string of the molecule is CN[C@@H](CCOc1ccc(Cl)cc1)c1ccc(OC(=O)N(C)C)cc1.O=C(O)/C=C/C(=O)O. The minimum atomic E-state index is -1.26. The maximum absolute atomic E-state index is 11.6. The molecule has 3 N–H and O–H groups in total. The summed E-state index contributed by atoms with van der Waals surface area (Å²) in [6.45, 7) is 0.574. The van der Waals surface area contributed by atoms with Crippen molar-refractivity contribution in [2.24, 2.45) is 0 Å². The summed E-state index contributed by atoms with van der Waals surface area (Å²) in [7, 11) is 5.20. The fraction of sp³-hybridized carbons (Fsp3) is 0.261. The summed E-state index contributed by atoms with van der Waals surface area (Å²) in [5.74, 6) is -1.19. The Bertz CT molecular complexity index is 913. The van der Waals surface area contributed by atoms with Gasteiger partial charge in [-0.2, -0.15) is 0 Å². The standard InChI is InChI=1S/C19H23ClN2O3.C4H4O4/c1-21-18(12-13-24-16-10-6-15(20)7-11-16)14-4-8-17(9-5-14)25-19(23)22(2)3;5-3(6)1-2-4(7)8/h4-11,18,21H,12-13H2,1-3H3;1-2H,(H,5,6)(H,7,8)/b;2-1+/t18-;/m0./s1. The fourth-order valence-electron chi connectivity index (χ4n) is 2.41. The summed E-state index contributed by atoms with van der Waals surface area (Å²) in [5, 5.41) is 19.6. The molecule has 0 spiro atoms. The molecular formula is C23H27ClN2O7. The molecule has 0 radical (unpaired) electrons. The van der Waals surface area contributed by atoms with Gasteiger partial charge in [-0.15, -0.1) is 0 Å². The number of nitrogens with one attached hydrogen (secondary N) is 1. The number of rotatable bonds is 9. The second-order valence-electron chi connectivity index (χ2n) is 6.77. The number of carbonyl (C=O) groups excluding carboxylic acids is 1. The van der Waals surface area contributed by atoms with E-state index in [1.165, 1.54) is 4.90 Å². The van der Waals surface area contributed by atoms with Crippen LogP contribution in [0.3, 0.4) is 0 Å². The second kappa shape index (κ2) is 14.5. The average Bonchev–Trinajstić information content (AvgIpc) is 2.77. The van der Waals surface area contributed by atoms with E-state index in [1.807, 2.05) is 31.3 Å². The number of benzene rings is 2. The van der Waals surface area contributed by atoms with Gasteiger partial charge in [0, 0.05) is 43.7 Å². The van der Waals surface area contributed by atoms with E-state index in [0.717, 1.165) is 17.7 Å². The van der Waals surface area contributed by atoms with Gasteiger partial charge in [-0.1, -0.05) is 23.7 Å². The second-order valence-corrected chi connectivity index (χ2v) is 7.21. The highest BCUT2D eigenvalue weighted by Crippen LogP contribution is 2.22. The lowest BCUT2D eigenvalue weighted by Gasteiger charge is -2.18. The van der Waals surface area contributed by atoms with Crippen LogP contribution in [-0.2, 0) is 9.59 Å². The van der Waals surface area contributed by atoms with Crippen molar-refractivity contribution in [3.05, 3.63) is 71.3 Å². The Morgan fingerprint density at radius 2 is 1.48 bits per heavy atom. The van der Waals surface area contributed by atoms with Crippen LogP contribution in [0.2, 0.25) is 5.02 Å². The maximum Gasteiger partial charge on any atom is 0.414 e. The molecule has 2 rings (SSSR count). The average molecular weight is 479 g/mol. The van der Waals surface area contributed by atoms with Crippen LogP contribution in [0.25, 0.3) is 0 Å². The van der Waals surface area contributed by atoms with E-state index < -0.39 is 18.0 Å². The van der Waals surface area contributed by atoms with Crippen molar-refractivity contribution in [3.63, 3.8) is 0 Å². The minimum Gasteiger partial charge on any atom is -0.494 e. The fourth-order valence-corrected chi connectivity index (χ4v) is 2.53. The van der Waals surface area contributed by atoms with E-state index in [1.54, 1.807) is 38.4 Å². The number of carbonyl (C=O) groups is 3. The molecule has 1 amide bonds. The smallest absolute Gasteiger partial charge is 0.414 e. The van der Waals surface area contributed by atoms with Gasteiger partial charge in [0.1, 0.15) is 11.5 Å². The molecule has 10 heteroatoms. The number of aliphatic carboxylic acids is 2. The Morgan fingerprint density at radius 3 is 1.94 bits per heavy atom. The van der Waals surface area contributed by atoms with Gasteiger partial charge in [0.25, 0.3) is 0 Å². The lowest BCUT2D eigenvalue weighted by molar-refractivity contribution is -0.134. The number of amides is 1. The van der Waals surface area contributed by atoms with Crippen LogP contribution in [0, 0.1) is 0 Å². The number of carboxylic acid groups (broad SMARTS) is 2. The number of hydrogen-bond acceptors (Lipinski definition) is 6. The van der Waals surface area contributed by atoms with Crippen molar-refractivity contribution in [2.75, 3.05) is 27.7 Å². The Labute approximate surface area is 197 Å². The molecular weight excluding hydrogens is 452 g/mol.